The molecule has 1 amide bonds. The van der Waals surface area contributed by atoms with Crippen molar-refractivity contribution in [1.82, 2.24) is 14.8 Å². The highest BCUT2D eigenvalue weighted by Crippen LogP contribution is 2.34. The summed E-state index contributed by atoms with van der Waals surface area (Å²) in [6.07, 6.45) is -3.93. The number of hydrogen-bond acceptors (Lipinski definition) is 3. The Bertz CT molecular complexity index is 1000. The van der Waals surface area contributed by atoms with Crippen LogP contribution in [0.25, 0.3) is 5.69 Å². The lowest BCUT2D eigenvalue weighted by Gasteiger charge is -2.13. The maximum atomic E-state index is 13.6. The first-order valence-electron chi connectivity index (χ1n) is 7.52. The highest BCUT2D eigenvalue weighted by Gasteiger charge is 2.40. The largest absolute Gasteiger partial charge is 0.434 e. The molecule has 0 spiro atoms. The minimum Gasteiger partial charge on any atom is -0.306 e. The molecule has 5 nitrogen and oxygen atoms in total. The third kappa shape index (κ3) is 4.14. The molecule has 2 aromatic heterocycles. The predicted octanol–water partition coefficient (Wildman–Crippen LogP) is 5.26. The fraction of sp³-hybridized carbons (Fsp3) is 0.118. The first-order valence-corrected chi connectivity index (χ1v) is 8.69. The van der Waals surface area contributed by atoms with Crippen LogP contribution in [0.3, 0.4) is 0 Å². The normalized spacial score (nSPS) is 11.5. The minimum atomic E-state index is -4.80. The first-order chi connectivity index (χ1) is 12.7. The molecule has 1 aromatic carbocycles. The molecule has 0 bridgehead atoms. The van der Waals surface area contributed by atoms with Gasteiger partial charge in [0.2, 0.25) is 0 Å². The van der Waals surface area contributed by atoms with Crippen molar-refractivity contribution in [2.45, 2.75) is 13.1 Å². The summed E-state index contributed by atoms with van der Waals surface area (Å²) in [7, 11) is 0. The van der Waals surface area contributed by atoms with Crippen LogP contribution in [0, 0.1) is 6.92 Å². The Balaban J connectivity index is 2.01. The molecule has 27 heavy (non-hydrogen) atoms. The zero-order valence-corrected chi connectivity index (χ0v) is 16.0. The van der Waals surface area contributed by atoms with Crippen molar-refractivity contribution in [2.24, 2.45) is 0 Å². The zero-order valence-electron chi connectivity index (χ0n) is 13.7. The molecule has 0 unspecified atom stereocenters. The number of anilines is 1. The van der Waals surface area contributed by atoms with Gasteiger partial charge in [0.25, 0.3) is 5.91 Å². The molecule has 0 atom stereocenters. The summed E-state index contributed by atoms with van der Waals surface area (Å²) >= 11 is 9.04. The molecule has 0 radical (unpaired) electrons. The Hall–Kier alpha value is -2.39. The van der Waals surface area contributed by atoms with Crippen molar-refractivity contribution in [2.75, 3.05) is 5.32 Å². The van der Waals surface area contributed by atoms with E-state index < -0.39 is 23.3 Å². The fourth-order valence-electron chi connectivity index (χ4n) is 2.36. The number of nitrogens with one attached hydrogen (secondary N) is 1. The van der Waals surface area contributed by atoms with Crippen LogP contribution in [0.4, 0.5) is 19.0 Å². The third-order valence-corrected chi connectivity index (χ3v) is 4.71. The van der Waals surface area contributed by atoms with Crippen molar-refractivity contribution >= 4 is 39.3 Å². The molecule has 140 valence electrons. The van der Waals surface area contributed by atoms with Gasteiger partial charge in [-0.3, -0.25) is 4.79 Å². The van der Waals surface area contributed by atoms with Crippen molar-refractivity contribution in [1.29, 1.82) is 0 Å². The highest BCUT2D eigenvalue weighted by molar-refractivity contribution is 9.10. The Morgan fingerprint density at radius 1 is 1.19 bits per heavy atom. The number of hydrogen-bond donors (Lipinski definition) is 1. The number of nitrogens with zero attached hydrogens (tertiary/aromatic N) is 3. The van der Waals surface area contributed by atoms with E-state index in [2.05, 4.69) is 31.3 Å². The number of rotatable bonds is 3. The van der Waals surface area contributed by atoms with Crippen LogP contribution in [0.2, 0.25) is 5.02 Å². The van der Waals surface area contributed by atoms with E-state index in [1.54, 1.807) is 13.0 Å². The highest BCUT2D eigenvalue weighted by atomic mass is 79.9. The fourth-order valence-corrected chi connectivity index (χ4v) is 2.71. The number of pyridine rings is 1. The van der Waals surface area contributed by atoms with Gasteiger partial charge >= 0.3 is 6.18 Å². The second-order valence-corrected chi connectivity index (χ2v) is 6.80. The lowest BCUT2D eigenvalue weighted by atomic mass is 10.2. The lowest BCUT2D eigenvalue weighted by Crippen LogP contribution is -2.21. The third-order valence-electron chi connectivity index (χ3n) is 3.62. The van der Waals surface area contributed by atoms with Gasteiger partial charge in [-0.15, -0.1) is 0 Å². The molecular weight excluding hydrogens is 449 g/mol. The van der Waals surface area contributed by atoms with Crippen LogP contribution in [0.5, 0.6) is 0 Å². The second kappa shape index (κ2) is 7.32. The topological polar surface area (TPSA) is 59.8 Å². The van der Waals surface area contributed by atoms with E-state index in [0.717, 1.165) is 6.20 Å². The molecule has 3 rings (SSSR count). The monoisotopic (exact) mass is 458 g/mol. The summed E-state index contributed by atoms with van der Waals surface area (Å²) in [4.78, 5) is 16.5. The average Bonchev–Trinajstić information content (AvgIpc) is 3.04. The molecule has 0 saturated heterocycles. The van der Waals surface area contributed by atoms with Gasteiger partial charge < -0.3 is 5.32 Å². The van der Waals surface area contributed by atoms with E-state index in [1.165, 1.54) is 30.3 Å². The first kappa shape index (κ1) is 19.4. The van der Waals surface area contributed by atoms with Gasteiger partial charge in [0.15, 0.2) is 5.69 Å². The summed E-state index contributed by atoms with van der Waals surface area (Å²) in [5.74, 6) is -0.829. The number of halogens is 5. The Morgan fingerprint density at radius 3 is 2.44 bits per heavy atom. The van der Waals surface area contributed by atoms with Gasteiger partial charge in [0.1, 0.15) is 5.82 Å². The minimum absolute atomic E-state index is 0.128. The maximum absolute atomic E-state index is 13.6. The van der Waals surface area contributed by atoms with Crippen LogP contribution in [-0.4, -0.2) is 20.7 Å². The van der Waals surface area contributed by atoms with Gasteiger partial charge in [-0.2, -0.15) is 18.3 Å². The summed E-state index contributed by atoms with van der Waals surface area (Å²) in [5, 5.41) is 6.48. The molecule has 0 saturated carbocycles. The lowest BCUT2D eigenvalue weighted by molar-refractivity contribution is -0.143. The van der Waals surface area contributed by atoms with Gasteiger partial charge in [0, 0.05) is 9.50 Å². The second-order valence-electron chi connectivity index (χ2n) is 5.51. The van der Waals surface area contributed by atoms with Crippen LogP contribution in [0.15, 0.2) is 47.1 Å². The SMILES string of the molecule is Cc1nc(NC(=O)c2cnn(-c3ccc(Cl)cc3)c2C(F)(F)F)ccc1Br. The van der Waals surface area contributed by atoms with E-state index in [9.17, 15) is 18.0 Å². The molecule has 0 aliphatic rings. The predicted molar refractivity (Wildman–Crippen MR) is 98.2 cm³/mol. The van der Waals surface area contributed by atoms with E-state index in [0.29, 0.717) is 19.9 Å². The number of alkyl halides is 3. The molecule has 2 heterocycles. The number of carbonyl (C=O) groups is 1. The molecule has 1 N–H and O–H groups in total. The van der Waals surface area contributed by atoms with Gasteiger partial charge in [0.05, 0.1) is 23.1 Å². The van der Waals surface area contributed by atoms with E-state index >= 15 is 0 Å². The Morgan fingerprint density at radius 2 is 1.85 bits per heavy atom. The number of amides is 1. The quantitative estimate of drug-likeness (QED) is 0.581. The molecule has 0 fully saturated rings. The molecule has 0 aliphatic carbocycles. The Kier molecular flexibility index (Phi) is 5.25. The molecule has 10 heteroatoms. The van der Waals surface area contributed by atoms with Crippen molar-refractivity contribution < 1.29 is 18.0 Å². The average molecular weight is 460 g/mol. The summed E-state index contributed by atoms with van der Waals surface area (Å²) in [6.45, 7) is 1.69. The maximum Gasteiger partial charge on any atom is 0.434 e. The van der Waals surface area contributed by atoms with Gasteiger partial charge in [-0.25, -0.2) is 9.67 Å². The van der Waals surface area contributed by atoms with Crippen molar-refractivity contribution in [3.05, 3.63) is 69.0 Å². The Labute approximate surface area is 165 Å². The number of aryl methyl sites for hydroxylation is 1. The summed E-state index contributed by atoms with van der Waals surface area (Å²) in [5.41, 5.74) is -1.08. The smallest absolute Gasteiger partial charge is 0.306 e. The van der Waals surface area contributed by atoms with Crippen LogP contribution in [-0.2, 0) is 6.18 Å². The van der Waals surface area contributed by atoms with Crippen molar-refractivity contribution in [3.63, 3.8) is 0 Å². The number of carbonyl (C=O) groups excluding carboxylic acids is 1. The van der Waals surface area contributed by atoms with Gasteiger partial charge in [-0.05, 0) is 59.3 Å². The molecular formula is C17H11BrClF3N4O. The van der Waals surface area contributed by atoms with Crippen LogP contribution in [0.1, 0.15) is 21.7 Å². The summed E-state index contributed by atoms with van der Waals surface area (Å²) in [6, 6.07) is 8.75. The van der Waals surface area contributed by atoms with E-state index in [-0.39, 0.29) is 11.5 Å². The van der Waals surface area contributed by atoms with Crippen molar-refractivity contribution in [3.8, 4) is 5.69 Å². The standard InChI is InChI=1S/C17H11BrClF3N4O/c1-9-13(18)6-7-14(24-9)25-16(27)12-8-23-26(15(12)17(20,21)22)11-4-2-10(19)3-5-11/h2-8H,1H3,(H,24,25,27). The molecule has 0 aliphatic heterocycles. The zero-order chi connectivity index (χ0) is 19.8. The molecule has 3 aromatic rings. The summed E-state index contributed by atoms with van der Waals surface area (Å²) < 4.78 is 42.3. The van der Waals surface area contributed by atoms with E-state index in [1.807, 2.05) is 0 Å². The van der Waals surface area contributed by atoms with Crippen LogP contribution < -0.4 is 5.32 Å². The van der Waals surface area contributed by atoms with E-state index in [4.69, 9.17) is 11.6 Å². The number of benzene rings is 1. The van der Waals surface area contributed by atoms with Crippen LogP contribution >= 0.6 is 27.5 Å². The van der Waals surface area contributed by atoms with Gasteiger partial charge in [-0.1, -0.05) is 11.6 Å². The number of aromatic nitrogens is 3.